The third-order valence-corrected chi connectivity index (χ3v) is 4.01. The lowest BCUT2D eigenvalue weighted by molar-refractivity contribution is 0.577. The van der Waals surface area contributed by atoms with Crippen molar-refractivity contribution in [3.63, 3.8) is 0 Å². The number of hydrogen-bond acceptors (Lipinski definition) is 2. The highest BCUT2D eigenvalue weighted by atomic mass is 31.2. The first-order valence-electron chi connectivity index (χ1n) is 3.32. The Morgan fingerprint density at radius 1 is 1.56 bits per heavy atom. The van der Waals surface area contributed by atoms with Crippen molar-refractivity contribution in [2.45, 2.75) is 6.92 Å². The van der Waals surface area contributed by atoms with E-state index >= 15 is 0 Å². The molecule has 0 aromatic heterocycles. The van der Waals surface area contributed by atoms with Gasteiger partial charge in [-0.3, -0.25) is 0 Å². The molecule has 1 unspecified atom stereocenters. The van der Waals surface area contributed by atoms with Gasteiger partial charge in [-0.05, 0) is 19.9 Å². The van der Waals surface area contributed by atoms with Gasteiger partial charge < -0.3 is 9.88 Å². The molecule has 0 saturated carbocycles. The molecule has 0 aliphatic heterocycles. The second-order valence-electron chi connectivity index (χ2n) is 2.44. The zero-order valence-electron chi connectivity index (χ0n) is 6.48. The molecule has 0 saturated heterocycles. The zero-order valence-corrected chi connectivity index (χ0v) is 7.37. The number of nitrogens with one attached hydrogen (secondary N) is 1. The molecule has 0 fully saturated rings. The van der Waals surface area contributed by atoms with Gasteiger partial charge in [0.2, 0.25) is 0 Å². The predicted octanol–water partition coefficient (Wildman–Crippen LogP) is 1.22. The van der Waals surface area contributed by atoms with E-state index in [1.54, 1.807) is 0 Å². The first-order chi connectivity index (χ1) is 4.12. The smallest absolute Gasteiger partial charge is 0.0858 e. The summed E-state index contributed by atoms with van der Waals surface area (Å²) in [5.41, 5.74) is 0. The topological polar surface area (TPSA) is 29.1 Å². The molecule has 0 rings (SSSR count). The molecular weight excluding hydrogens is 133 g/mol. The van der Waals surface area contributed by atoms with Crippen molar-refractivity contribution in [1.29, 1.82) is 0 Å². The van der Waals surface area contributed by atoms with Gasteiger partial charge >= 0.3 is 0 Å². The van der Waals surface area contributed by atoms with Crippen LogP contribution in [0.4, 0.5) is 0 Å². The SMILES string of the molecule is CCP(C)(=O)CCNC. The first kappa shape index (κ1) is 9.19. The first-order valence-corrected chi connectivity index (χ1v) is 5.85. The third-order valence-electron chi connectivity index (χ3n) is 1.50. The van der Waals surface area contributed by atoms with Crippen LogP contribution in [-0.2, 0) is 4.57 Å². The van der Waals surface area contributed by atoms with Gasteiger partial charge in [-0.15, -0.1) is 0 Å². The molecule has 0 heterocycles. The van der Waals surface area contributed by atoms with E-state index in [1.807, 2.05) is 20.6 Å². The van der Waals surface area contributed by atoms with E-state index in [-0.39, 0.29) is 0 Å². The van der Waals surface area contributed by atoms with Crippen molar-refractivity contribution in [3.8, 4) is 0 Å². The molecule has 0 aromatic carbocycles. The van der Waals surface area contributed by atoms with Crippen LogP contribution in [0.5, 0.6) is 0 Å². The Labute approximate surface area is 57.4 Å². The molecule has 0 aromatic rings. The van der Waals surface area contributed by atoms with Crippen molar-refractivity contribution in [2.24, 2.45) is 0 Å². The third kappa shape index (κ3) is 4.68. The summed E-state index contributed by atoms with van der Waals surface area (Å²) >= 11 is 0. The van der Waals surface area contributed by atoms with E-state index in [1.165, 1.54) is 0 Å². The Kier molecular flexibility index (Phi) is 4.16. The van der Waals surface area contributed by atoms with Crippen LogP contribution in [-0.4, -0.2) is 32.6 Å². The summed E-state index contributed by atoms with van der Waals surface area (Å²) < 4.78 is 11.3. The van der Waals surface area contributed by atoms with E-state index in [4.69, 9.17) is 0 Å². The van der Waals surface area contributed by atoms with Crippen LogP contribution < -0.4 is 5.32 Å². The molecule has 0 aliphatic carbocycles. The van der Waals surface area contributed by atoms with Crippen molar-refractivity contribution in [1.82, 2.24) is 5.32 Å². The van der Waals surface area contributed by atoms with Crippen molar-refractivity contribution >= 4 is 7.14 Å². The molecule has 56 valence electrons. The predicted molar refractivity (Wildman–Crippen MR) is 42.9 cm³/mol. The van der Waals surface area contributed by atoms with Gasteiger partial charge in [0.1, 0.15) is 0 Å². The molecule has 0 bridgehead atoms. The molecule has 9 heavy (non-hydrogen) atoms. The van der Waals surface area contributed by atoms with Crippen LogP contribution in [0.1, 0.15) is 6.92 Å². The monoisotopic (exact) mass is 149 g/mol. The Morgan fingerprint density at radius 3 is 2.44 bits per heavy atom. The molecule has 2 nitrogen and oxygen atoms in total. The molecule has 0 amide bonds. The lowest BCUT2D eigenvalue weighted by Crippen LogP contribution is -2.12. The van der Waals surface area contributed by atoms with Crippen LogP contribution in [0.15, 0.2) is 0 Å². The molecule has 0 aliphatic rings. The summed E-state index contributed by atoms with van der Waals surface area (Å²) in [7, 11) is 0.132. The van der Waals surface area contributed by atoms with Crippen molar-refractivity contribution in [2.75, 3.05) is 32.6 Å². The van der Waals surface area contributed by atoms with E-state index in [9.17, 15) is 4.57 Å². The van der Waals surface area contributed by atoms with Gasteiger partial charge in [0, 0.05) is 12.7 Å². The van der Waals surface area contributed by atoms with E-state index < -0.39 is 7.14 Å². The fourth-order valence-electron chi connectivity index (χ4n) is 0.506. The average Bonchev–Trinajstić information content (AvgIpc) is 1.84. The summed E-state index contributed by atoms with van der Waals surface area (Å²) in [5, 5.41) is 2.99. The van der Waals surface area contributed by atoms with Gasteiger partial charge in [-0.1, -0.05) is 6.92 Å². The number of hydrogen-bond donors (Lipinski definition) is 1. The largest absolute Gasteiger partial charge is 0.324 e. The minimum absolute atomic E-state index is 0.828. The van der Waals surface area contributed by atoms with Gasteiger partial charge in [0.25, 0.3) is 0 Å². The zero-order chi connectivity index (χ0) is 7.33. The van der Waals surface area contributed by atoms with Crippen LogP contribution in [0.3, 0.4) is 0 Å². The molecule has 3 heteroatoms. The van der Waals surface area contributed by atoms with E-state index in [0.717, 1.165) is 18.9 Å². The fraction of sp³-hybridized carbons (Fsp3) is 1.00. The maximum Gasteiger partial charge on any atom is 0.0858 e. The normalized spacial score (nSPS) is 17.2. The average molecular weight is 149 g/mol. The quantitative estimate of drug-likeness (QED) is 0.609. The maximum absolute atomic E-state index is 11.3. The standard InChI is InChI=1S/C6H16NOP/c1-4-9(3,8)6-5-7-2/h7H,4-6H2,1-3H3. The second-order valence-corrected chi connectivity index (χ2v) is 6.11. The van der Waals surface area contributed by atoms with Gasteiger partial charge in [0.15, 0.2) is 0 Å². The Hall–Kier alpha value is 0.190. The highest BCUT2D eigenvalue weighted by Crippen LogP contribution is 2.39. The summed E-state index contributed by atoms with van der Waals surface area (Å²) in [4.78, 5) is 0. The van der Waals surface area contributed by atoms with Gasteiger partial charge in [0.05, 0.1) is 7.14 Å². The van der Waals surface area contributed by atoms with Crippen molar-refractivity contribution in [3.05, 3.63) is 0 Å². The Balaban J connectivity index is 3.46. The Bertz CT molecular complexity index is 114. The molecule has 0 radical (unpaired) electrons. The Morgan fingerprint density at radius 2 is 2.11 bits per heavy atom. The molecule has 1 N–H and O–H groups in total. The minimum Gasteiger partial charge on any atom is -0.324 e. The molecule has 0 spiro atoms. The molecule has 1 atom stereocenters. The highest BCUT2D eigenvalue weighted by molar-refractivity contribution is 7.63. The van der Waals surface area contributed by atoms with Crippen LogP contribution in [0.2, 0.25) is 0 Å². The summed E-state index contributed by atoms with van der Waals surface area (Å²) in [5.74, 6) is 0. The van der Waals surface area contributed by atoms with Crippen molar-refractivity contribution < 1.29 is 4.57 Å². The van der Waals surface area contributed by atoms with E-state index in [0.29, 0.717) is 0 Å². The van der Waals surface area contributed by atoms with E-state index in [2.05, 4.69) is 5.32 Å². The summed E-state index contributed by atoms with van der Waals surface area (Å²) in [6.45, 7) is 4.72. The van der Waals surface area contributed by atoms with Gasteiger partial charge in [-0.2, -0.15) is 0 Å². The summed E-state index contributed by atoms with van der Waals surface area (Å²) in [6.07, 6.45) is 1.66. The minimum atomic E-state index is -1.75. The van der Waals surface area contributed by atoms with Crippen LogP contribution in [0, 0.1) is 0 Å². The molecular formula is C6H16NOP. The fourth-order valence-corrected chi connectivity index (χ4v) is 1.52. The lowest BCUT2D eigenvalue weighted by Gasteiger charge is -2.08. The maximum atomic E-state index is 11.3. The van der Waals surface area contributed by atoms with Gasteiger partial charge in [-0.25, -0.2) is 0 Å². The highest BCUT2D eigenvalue weighted by Gasteiger charge is 2.09. The summed E-state index contributed by atoms with van der Waals surface area (Å²) in [6, 6.07) is 0. The van der Waals surface area contributed by atoms with Crippen LogP contribution >= 0.6 is 7.14 Å². The lowest BCUT2D eigenvalue weighted by atomic mass is 10.8. The second kappa shape index (κ2) is 4.08. The number of rotatable bonds is 4. The van der Waals surface area contributed by atoms with Crippen LogP contribution in [0.25, 0.3) is 0 Å².